The third-order valence-corrected chi connectivity index (χ3v) is 3.16. The zero-order valence-electron chi connectivity index (χ0n) is 11.5. The fraction of sp³-hybridized carbons (Fsp3) is 0.571. The molecule has 0 heterocycles. The summed E-state index contributed by atoms with van der Waals surface area (Å²) in [6, 6.07) is 5.07. The van der Waals surface area contributed by atoms with Gasteiger partial charge in [-0.25, -0.2) is 0 Å². The second-order valence-electron chi connectivity index (χ2n) is 5.37. The molecule has 0 aliphatic rings. The van der Waals surface area contributed by atoms with Crippen LogP contribution in [0, 0.1) is 11.8 Å². The van der Waals surface area contributed by atoms with Crippen molar-refractivity contribution in [2.75, 3.05) is 0 Å². The van der Waals surface area contributed by atoms with Gasteiger partial charge in [0.05, 0.1) is 5.56 Å². The minimum atomic E-state index is -4.32. The summed E-state index contributed by atoms with van der Waals surface area (Å²) in [7, 11) is 0. The minimum Gasteiger partial charge on any atom is -0.271 e. The summed E-state index contributed by atoms with van der Waals surface area (Å²) in [5.74, 6) is 6.14. The first kappa shape index (κ1) is 16.0. The molecule has 19 heavy (non-hydrogen) atoms. The van der Waals surface area contributed by atoms with Gasteiger partial charge in [0, 0.05) is 6.04 Å². The normalized spacial score (nSPS) is 15.6. The van der Waals surface area contributed by atoms with Gasteiger partial charge >= 0.3 is 6.18 Å². The average molecular weight is 274 g/mol. The maximum absolute atomic E-state index is 12.7. The standard InChI is InChI=1S/C14H21F3N2/c1-9(2)7-10(3)13(19-18)11-5-4-6-12(8-11)14(15,16)17/h4-6,8-10,13,19H,7,18H2,1-3H3. The van der Waals surface area contributed by atoms with Crippen molar-refractivity contribution in [3.63, 3.8) is 0 Å². The monoisotopic (exact) mass is 274 g/mol. The number of hydrazine groups is 1. The number of benzene rings is 1. The summed E-state index contributed by atoms with van der Waals surface area (Å²) in [6.45, 7) is 6.15. The maximum atomic E-state index is 12.7. The van der Waals surface area contributed by atoms with Gasteiger partial charge in [0.1, 0.15) is 0 Å². The smallest absolute Gasteiger partial charge is 0.271 e. The predicted molar refractivity (Wildman–Crippen MR) is 70.1 cm³/mol. The van der Waals surface area contributed by atoms with E-state index in [9.17, 15) is 13.2 Å². The largest absolute Gasteiger partial charge is 0.416 e. The number of hydrogen-bond acceptors (Lipinski definition) is 2. The van der Waals surface area contributed by atoms with Gasteiger partial charge in [-0.3, -0.25) is 11.3 Å². The van der Waals surface area contributed by atoms with Crippen LogP contribution in [0.25, 0.3) is 0 Å². The zero-order valence-corrected chi connectivity index (χ0v) is 11.5. The molecule has 0 saturated carbocycles. The third-order valence-electron chi connectivity index (χ3n) is 3.16. The van der Waals surface area contributed by atoms with Crippen molar-refractivity contribution in [1.82, 2.24) is 5.43 Å². The van der Waals surface area contributed by atoms with E-state index in [4.69, 9.17) is 5.84 Å². The van der Waals surface area contributed by atoms with Crippen molar-refractivity contribution >= 4 is 0 Å². The van der Waals surface area contributed by atoms with E-state index in [1.54, 1.807) is 6.07 Å². The number of halogens is 3. The van der Waals surface area contributed by atoms with Gasteiger partial charge < -0.3 is 0 Å². The van der Waals surface area contributed by atoms with Gasteiger partial charge in [-0.2, -0.15) is 13.2 Å². The highest BCUT2D eigenvalue weighted by molar-refractivity contribution is 5.28. The number of hydrogen-bond donors (Lipinski definition) is 2. The second kappa shape index (κ2) is 6.39. The highest BCUT2D eigenvalue weighted by atomic mass is 19.4. The first-order valence-electron chi connectivity index (χ1n) is 6.39. The van der Waals surface area contributed by atoms with E-state index in [0.717, 1.165) is 12.5 Å². The Bertz CT molecular complexity index is 402. The zero-order chi connectivity index (χ0) is 14.6. The lowest BCUT2D eigenvalue weighted by Crippen LogP contribution is -2.33. The van der Waals surface area contributed by atoms with E-state index in [1.165, 1.54) is 12.1 Å². The summed E-state index contributed by atoms with van der Waals surface area (Å²) < 4.78 is 38.1. The van der Waals surface area contributed by atoms with Crippen LogP contribution >= 0.6 is 0 Å². The van der Waals surface area contributed by atoms with Gasteiger partial charge in [-0.15, -0.1) is 0 Å². The van der Waals surface area contributed by atoms with Crippen LogP contribution in [0.15, 0.2) is 24.3 Å². The Morgan fingerprint density at radius 2 is 1.84 bits per heavy atom. The van der Waals surface area contributed by atoms with Crippen molar-refractivity contribution in [3.05, 3.63) is 35.4 Å². The summed E-state index contributed by atoms with van der Waals surface area (Å²) in [4.78, 5) is 0. The van der Waals surface area contributed by atoms with Gasteiger partial charge in [0.2, 0.25) is 0 Å². The Hall–Kier alpha value is -1.07. The first-order valence-corrected chi connectivity index (χ1v) is 6.39. The van der Waals surface area contributed by atoms with E-state index < -0.39 is 11.7 Å². The number of rotatable bonds is 5. The predicted octanol–water partition coefficient (Wildman–Crippen LogP) is 3.89. The minimum absolute atomic E-state index is 0.161. The van der Waals surface area contributed by atoms with Gasteiger partial charge in [-0.05, 0) is 36.0 Å². The van der Waals surface area contributed by atoms with Crippen molar-refractivity contribution in [1.29, 1.82) is 0 Å². The van der Waals surface area contributed by atoms with Crippen molar-refractivity contribution < 1.29 is 13.2 Å². The topological polar surface area (TPSA) is 38.0 Å². The summed E-state index contributed by atoms with van der Waals surface area (Å²) in [6.07, 6.45) is -3.43. The molecule has 1 aromatic carbocycles. The molecular formula is C14H21F3N2. The summed E-state index contributed by atoms with van der Waals surface area (Å²) in [5, 5.41) is 0. The highest BCUT2D eigenvalue weighted by Crippen LogP contribution is 2.33. The molecular weight excluding hydrogens is 253 g/mol. The number of nitrogens with one attached hydrogen (secondary N) is 1. The Morgan fingerprint density at radius 1 is 1.21 bits per heavy atom. The van der Waals surface area contributed by atoms with Crippen LogP contribution in [0.4, 0.5) is 13.2 Å². The van der Waals surface area contributed by atoms with Crippen molar-refractivity contribution in [2.24, 2.45) is 17.7 Å². The van der Waals surface area contributed by atoms with Crippen LogP contribution < -0.4 is 11.3 Å². The fourth-order valence-electron chi connectivity index (χ4n) is 2.38. The molecule has 0 aliphatic carbocycles. The fourth-order valence-corrected chi connectivity index (χ4v) is 2.38. The summed E-state index contributed by atoms with van der Waals surface area (Å²) in [5.41, 5.74) is 2.57. The van der Waals surface area contributed by atoms with Crippen molar-refractivity contribution in [2.45, 2.75) is 39.4 Å². The van der Waals surface area contributed by atoms with Crippen LogP contribution in [-0.2, 0) is 6.18 Å². The SMILES string of the molecule is CC(C)CC(C)C(NN)c1cccc(C(F)(F)F)c1. The Morgan fingerprint density at radius 3 is 2.32 bits per heavy atom. The van der Waals surface area contributed by atoms with E-state index in [2.05, 4.69) is 19.3 Å². The van der Waals surface area contributed by atoms with E-state index in [0.29, 0.717) is 11.5 Å². The second-order valence-corrected chi connectivity index (χ2v) is 5.37. The van der Waals surface area contributed by atoms with Gasteiger partial charge in [0.25, 0.3) is 0 Å². The Balaban J connectivity index is 2.99. The molecule has 3 N–H and O–H groups in total. The highest BCUT2D eigenvalue weighted by Gasteiger charge is 2.31. The molecule has 2 atom stereocenters. The number of nitrogens with two attached hydrogens (primary N) is 1. The molecule has 1 aromatic rings. The van der Waals surface area contributed by atoms with E-state index in [-0.39, 0.29) is 12.0 Å². The molecule has 2 nitrogen and oxygen atoms in total. The number of alkyl halides is 3. The molecule has 0 bridgehead atoms. The first-order chi connectivity index (χ1) is 8.75. The molecule has 0 radical (unpaired) electrons. The molecule has 0 aromatic heterocycles. The van der Waals surface area contributed by atoms with Gasteiger partial charge in [0.15, 0.2) is 0 Å². The van der Waals surface area contributed by atoms with Crippen LogP contribution in [-0.4, -0.2) is 0 Å². The molecule has 0 fully saturated rings. The van der Waals surface area contributed by atoms with E-state index in [1.807, 2.05) is 6.92 Å². The third kappa shape index (κ3) is 4.51. The van der Waals surface area contributed by atoms with Crippen LogP contribution in [0.2, 0.25) is 0 Å². The maximum Gasteiger partial charge on any atom is 0.416 e. The molecule has 1 rings (SSSR count). The van der Waals surface area contributed by atoms with Crippen LogP contribution in [0.3, 0.4) is 0 Å². The molecule has 0 amide bonds. The molecule has 5 heteroatoms. The van der Waals surface area contributed by atoms with Crippen LogP contribution in [0.5, 0.6) is 0 Å². The Kier molecular flexibility index (Phi) is 5.38. The quantitative estimate of drug-likeness (QED) is 0.631. The molecule has 0 aliphatic heterocycles. The average Bonchev–Trinajstić information content (AvgIpc) is 2.28. The molecule has 0 saturated heterocycles. The van der Waals surface area contributed by atoms with Crippen LogP contribution in [0.1, 0.15) is 44.4 Å². The molecule has 0 spiro atoms. The molecule has 2 unspecified atom stereocenters. The lowest BCUT2D eigenvalue weighted by Gasteiger charge is -2.25. The van der Waals surface area contributed by atoms with E-state index >= 15 is 0 Å². The lowest BCUT2D eigenvalue weighted by molar-refractivity contribution is -0.137. The molecule has 108 valence electrons. The van der Waals surface area contributed by atoms with Gasteiger partial charge in [-0.1, -0.05) is 32.9 Å². The van der Waals surface area contributed by atoms with Crippen molar-refractivity contribution in [3.8, 4) is 0 Å². The Labute approximate surface area is 112 Å². The lowest BCUT2D eigenvalue weighted by atomic mass is 9.87. The summed E-state index contributed by atoms with van der Waals surface area (Å²) >= 11 is 0.